The number of benzene rings is 1. The van der Waals surface area contributed by atoms with Crippen LogP contribution in [-0.2, 0) is 20.0 Å². The maximum Gasteiger partial charge on any atom is 0.229 e. The number of rotatable bonds is 4. The Bertz CT molecular complexity index is 620. The Morgan fingerprint density at radius 2 is 1.47 bits per heavy atom. The lowest BCUT2D eigenvalue weighted by Crippen LogP contribution is -2.12. The molecule has 1 aromatic rings. The molecule has 0 radical (unpaired) electrons. The van der Waals surface area contributed by atoms with Gasteiger partial charge in [-0.2, -0.15) is 0 Å². The largest absolute Gasteiger partial charge is 0.284 e. The maximum atomic E-state index is 11.1. The zero-order chi connectivity index (χ0) is 13.3. The van der Waals surface area contributed by atoms with E-state index in [9.17, 15) is 16.8 Å². The summed E-state index contributed by atoms with van der Waals surface area (Å²) in [5, 5.41) is 0. The van der Waals surface area contributed by atoms with Crippen molar-refractivity contribution in [2.24, 2.45) is 0 Å². The number of aryl methyl sites for hydroxylation is 1. The summed E-state index contributed by atoms with van der Waals surface area (Å²) in [6.07, 6.45) is 2.06. The van der Waals surface area contributed by atoms with Gasteiger partial charge in [0, 0.05) is 0 Å². The average Bonchev–Trinajstić information content (AvgIpc) is 2.05. The number of anilines is 2. The van der Waals surface area contributed by atoms with Crippen LogP contribution in [-0.4, -0.2) is 29.3 Å². The minimum absolute atomic E-state index is 0.309. The van der Waals surface area contributed by atoms with Gasteiger partial charge in [0.1, 0.15) is 0 Å². The van der Waals surface area contributed by atoms with E-state index < -0.39 is 20.0 Å². The third-order valence-electron chi connectivity index (χ3n) is 1.84. The van der Waals surface area contributed by atoms with E-state index in [2.05, 4.69) is 9.44 Å². The first kappa shape index (κ1) is 13.8. The zero-order valence-corrected chi connectivity index (χ0v) is 11.3. The van der Waals surface area contributed by atoms with Crippen molar-refractivity contribution in [2.45, 2.75) is 6.92 Å². The summed E-state index contributed by atoms with van der Waals surface area (Å²) in [5.41, 5.74) is 1.36. The Morgan fingerprint density at radius 1 is 0.941 bits per heavy atom. The lowest BCUT2D eigenvalue weighted by atomic mass is 10.2. The molecule has 0 aliphatic heterocycles. The van der Waals surface area contributed by atoms with Crippen molar-refractivity contribution in [1.29, 1.82) is 0 Å². The van der Waals surface area contributed by atoms with E-state index in [1.54, 1.807) is 19.1 Å². The predicted molar refractivity (Wildman–Crippen MR) is 68.1 cm³/mol. The van der Waals surface area contributed by atoms with Crippen molar-refractivity contribution < 1.29 is 16.8 Å². The molecule has 0 saturated heterocycles. The van der Waals surface area contributed by atoms with Crippen LogP contribution in [0.5, 0.6) is 0 Å². The molecule has 8 heteroatoms. The first-order valence-electron chi connectivity index (χ1n) is 4.63. The second kappa shape index (κ2) is 4.53. The van der Waals surface area contributed by atoms with Gasteiger partial charge < -0.3 is 0 Å². The van der Waals surface area contributed by atoms with E-state index in [-0.39, 0.29) is 0 Å². The number of hydrogen-bond acceptors (Lipinski definition) is 4. The Kier molecular flexibility index (Phi) is 3.68. The van der Waals surface area contributed by atoms with Crippen molar-refractivity contribution in [1.82, 2.24) is 0 Å². The Labute approximate surface area is 101 Å². The van der Waals surface area contributed by atoms with Gasteiger partial charge in [-0.15, -0.1) is 0 Å². The molecule has 96 valence electrons. The fraction of sp³-hybridized carbons (Fsp3) is 0.333. The van der Waals surface area contributed by atoms with Crippen molar-refractivity contribution in [3.05, 3.63) is 23.8 Å². The van der Waals surface area contributed by atoms with E-state index in [0.717, 1.165) is 12.5 Å². The molecule has 0 aromatic heterocycles. The summed E-state index contributed by atoms with van der Waals surface area (Å²) >= 11 is 0. The highest BCUT2D eigenvalue weighted by molar-refractivity contribution is 7.92. The molecule has 0 aliphatic carbocycles. The van der Waals surface area contributed by atoms with Crippen molar-refractivity contribution in [3.8, 4) is 0 Å². The van der Waals surface area contributed by atoms with Crippen molar-refractivity contribution in [3.63, 3.8) is 0 Å². The summed E-state index contributed by atoms with van der Waals surface area (Å²) in [5.74, 6) is 0. The molecule has 0 bridgehead atoms. The van der Waals surface area contributed by atoms with Crippen LogP contribution in [0.25, 0.3) is 0 Å². The van der Waals surface area contributed by atoms with Crippen molar-refractivity contribution >= 4 is 31.4 Å². The molecule has 2 N–H and O–H groups in total. The van der Waals surface area contributed by atoms with Gasteiger partial charge in [0.25, 0.3) is 0 Å². The van der Waals surface area contributed by atoms with Gasteiger partial charge in [-0.05, 0) is 24.6 Å². The summed E-state index contributed by atoms with van der Waals surface area (Å²) in [7, 11) is -6.77. The molecule has 1 rings (SSSR count). The molecule has 0 atom stereocenters. The Balaban J connectivity index is 3.11. The molecule has 6 nitrogen and oxygen atoms in total. The number of sulfonamides is 2. The number of hydrogen-bond donors (Lipinski definition) is 2. The van der Waals surface area contributed by atoms with E-state index in [1.807, 2.05) is 0 Å². The molecule has 1 aromatic carbocycles. The van der Waals surface area contributed by atoms with Gasteiger partial charge in [0.15, 0.2) is 0 Å². The summed E-state index contributed by atoms with van der Waals surface area (Å²) in [6.45, 7) is 1.72. The van der Waals surface area contributed by atoms with Gasteiger partial charge in [-0.1, -0.05) is 6.07 Å². The molecular weight excluding hydrogens is 264 g/mol. The van der Waals surface area contributed by atoms with Gasteiger partial charge in [-0.3, -0.25) is 9.44 Å². The normalized spacial score (nSPS) is 12.2. The Morgan fingerprint density at radius 3 is 1.94 bits per heavy atom. The summed E-state index contributed by atoms with van der Waals surface area (Å²) < 4.78 is 48.8. The molecule has 0 unspecified atom stereocenters. The fourth-order valence-electron chi connectivity index (χ4n) is 1.21. The predicted octanol–water partition coefficient (Wildman–Crippen LogP) is 0.738. The molecular formula is C9H14N2O4S2. The first-order valence-corrected chi connectivity index (χ1v) is 8.41. The van der Waals surface area contributed by atoms with Gasteiger partial charge in [0.05, 0.1) is 23.9 Å². The van der Waals surface area contributed by atoms with E-state index in [0.29, 0.717) is 16.9 Å². The first-order chi connectivity index (χ1) is 7.57. The summed E-state index contributed by atoms with van der Waals surface area (Å²) in [6, 6.07) is 4.61. The van der Waals surface area contributed by atoms with E-state index in [4.69, 9.17) is 0 Å². The van der Waals surface area contributed by atoms with Gasteiger partial charge in [0.2, 0.25) is 20.0 Å². The van der Waals surface area contributed by atoms with Crippen LogP contribution in [0.1, 0.15) is 5.56 Å². The van der Waals surface area contributed by atoms with E-state index in [1.165, 1.54) is 6.07 Å². The minimum atomic E-state index is -3.39. The second-order valence-electron chi connectivity index (χ2n) is 3.78. The molecule has 0 spiro atoms. The van der Waals surface area contributed by atoms with Crippen LogP contribution in [0, 0.1) is 6.92 Å². The van der Waals surface area contributed by atoms with Crippen LogP contribution in [0.3, 0.4) is 0 Å². The SMILES string of the molecule is Cc1ccc(NS(C)(=O)=O)cc1NS(C)(=O)=O. The molecule has 0 fully saturated rings. The van der Waals surface area contributed by atoms with Crippen LogP contribution < -0.4 is 9.44 Å². The number of nitrogens with one attached hydrogen (secondary N) is 2. The van der Waals surface area contributed by atoms with Crippen LogP contribution >= 0.6 is 0 Å². The van der Waals surface area contributed by atoms with Gasteiger partial charge in [-0.25, -0.2) is 16.8 Å². The zero-order valence-electron chi connectivity index (χ0n) is 9.68. The molecule has 0 aliphatic rings. The smallest absolute Gasteiger partial charge is 0.229 e. The minimum Gasteiger partial charge on any atom is -0.284 e. The second-order valence-corrected chi connectivity index (χ2v) is 7.28. The monoisotopic (exact) mass is 278 g/mol. The highest BCUT2D eigenvalue weighted by Crippen LogP contribution is 2.21. The third kappa shape index (κ3) is 5.05. The standard InChI is InChI=1S/C9H14N2O4S2/c1-7-4-5-8(10-16(2,12)13)6-9(7)11-17(3,14)15/h4-6,10-11H,1-3H3. The third-order valence-corrected chi connectivity index (χ3v) is 3.03. The molecule has 0 saturated carbocycles. The Hall–Kier alpha value is -1.28. The van der Waals surface area contributed by atoms with Crippen LogP contribution in [0.15, 0.2) is 18.2 Å². The molecule has 0 heterocycles. The summed E-state index contributed by atoms with van der Waals surface area (Å²) in [4.78, 5) is 0. The van der Waals surface area contributed by atoms with Crippen molar-refractivity contribution in [2.75, 3.05) is 22.0 Å². The highest BCUT2D eigenvalue weighted by Gasteiger charge is 2.08. The van der Waals surface area contributed by atoms with Gasteiger partial charge >= 0.3 is 0 Å². The molecule has 0 amide bonds. The fourth-order valence-corrected chi connectivity index (χ4v) is 2.38. The lowest BCUT2D eigenvalue weighted by Gasteiger charge is -2.10. The lowest BCUT2D eigenvalue weighted by molar-refractivity contribution is 0.605. The topological polar surface area (TPSA) is 92.3 Å². The maximum absolute atomic E-state index is 11.1. The average molecular weight is 278 g/mol. The van der Waals surface area contributed by atoms with E-state index >= 15 is 0 Å². The molecule has 17 heavy (non-hydrogen) atoms. The quantitative estimate of drug-likeness (QED) is 0.849. The van der Waals surface area contributed by atoms with Crippen LogP contribution in [0.4, 0.5) is 11.4 Å². The van der Waals surface area contributed by atoms with Crippen LogP contribution in [0.2, 0.25) is 0 Å². The highest BCUT2D eigenvalue weighted by atomic mass is 32.2.